The van der Waals surface area contributed by atoms with E-state index >= 15 is 0 Å². The molecule has 0 heterocycles. The number of hydrogen-bond donors (Lipinski definition) is 1. The number of rotatable bonds is 5. The summed E-state index contributed by atoms with van der Waals surface area (Å²) in [6, 6.07) is 4.94. The highest BCUT2D eigenvalue weighted by Crippen LogP contribution is 2.36. The first-order chi connectivity index (χ1) is 9.76. The number of aryl methyl sites for hydroxylation is 1. The number of alkyl halides is 3. The van der Waals surface area contributed by atoms with E-state index in [1.54, 1.807) is 18.2 Å². The second-order valence-corrected chi connectivity index (χ2v) is 5.21. The number of nitrogens with zero attached hydrogens (tertiary/aromatic N) is 1. The van der Waals surface area contributed by atoms with Crippen molar-refractivity contribution in [2.75, 3.05) is 11.4 Å². The van der Waals surface area contributed by atoms with E-state index in [9.17, 15) is 18.0 Å². The average Bonchev–Trinajstić information content (AvgIpc) is 3.17. The molecule has 0 saturated heterocycles. The third-order valence-corrected chi connectivity index (χ3v) is 3.24. The van der Waals surface area contributed by atoms with E-state index < -0.39 is 18.7 Å². The zero-order valence-corrected chi connectivity index (χ0v) is 11.5. The van der Waals surface area contributed by atoms with Crippen molar-refractivity contribution in [3.63, 3.8) is 0 Å². The Morgan fingerprint density at radius 1 is 1.43 bits per heavy atom. The molecule has 6 heteroatoms. The van der Waals surface area contributed by atoms with Crippen molar-refractivity contribution in [3.05, 3.63) is 35.4 Å². The molecule has 21 heavy (non-hydrogen) atoms. The van der Waals surface area contributed by atoms with Gasteiger partial charge in [-0.05, 0) is 43.5 Å². The van der Waals surface area contributed by atoms with E-state index in [-0.39, 0.29) is 6.04 Å². The molecule has 0 aliphatic heterocycles. The maximum atomic E-state index is 12.8. The number of halogens is 3. The first-order valence-electron chi connectivity index (χ1n) is 6.61. The van der Waals surface area contributed by atoms with Crippen molar-refractivity contribution < 1.29 is 23.1 Å². The Bertz CT molecular complexity index is 563. The molecular weight excluding hydrogens is 283 g/mol. The van der Waals surface area contributed by atoms with Crippen molar-refractivity contribution in [3.8, 4) is 0 Å². The lowest BCUT2D eigenvalue weighted by Crippen LogP contribution is -2.36. The first kappa shape index (κ1) is 15.4. The largest absolute Gasteiger partial charge is 0.478 e. The Morgan fingerprint density at radius 2 is 2.10 bits per heavy atom. The van der Waals surface area contributed by atoms with Gasteiger partial charge in [-0.15, -0.1) is 0 Å². The molecule has 0 unspecified atom stereocenters. The molecule has 1 aliphatic rings. The van der Waals surface area contributed by atoms with Gasteiger partial charge in [0.2, 0.25) is 0 Å². The standard InChI is InChI=1S/C15H16F3NO2/c1-10-2-6-13(11(8-10)3-7-14(20)21)19(12-4-5-12)9-15(16,17)18/h2-3,6-8,12H,4-5,9H2,1H3,(H,20,21)/b7-3+. The van der Waals surface area contributed by atoms with Crippen LogP contribution in [0.15, 0.2) is 24.3 Å². The van der Waals surface area contributed by atoms with Crippen LogP contribution in [-0.4, -0.2) is 29.8 Å². The van der Waals surface area contributed by atoms with Crippen molar-refractivity contribution in [1.82, 2.24) is 0 Å². The summed E-state index contributed by atoms with van der Waals surface area (Å²) < 4.78 is 38.3. The molecule has 0 spiro atoms. The van der Waals surface area contributed by atoms with Gasteiger partial charge in [0, 0.05) is 17.8 Å². The molecule has 1 aliphatic carbocycles. The van der Waals surface area contributed by atoms with Gasteiger partial charge in [-0.3, -0.25) is 0 Å². The van der Waals surface area contributed by atoms with Crippen LogP contribution in [-0.2, 0) is 4.79 Å². The van der Waals surface area contributed by atoms with Crippen molar-refractivity contribution in [2.24, 2.45) is 0 Å². The molecule has 0 aromatic heterocycles. The Kier molecular flexibility index (Phi) is 4.25. The van der Waals surface area contributed by atoms with Crippen LogP contribution in [0.3, 0.4) is 0 Å². The second-order valence-electron chi connectivity index (χ2n) is 5.21. The minimum absolute atomic E-state index is 0.119. The van der Waals surface area contributed by atoms with E-state index in [0.717, 1.165) is 24.5 Å². The van der Waals surface area contributed by atoms with Gasteiger partial charge in [0.25, 0.3) is 0 Å². The number of carboxylic acids is 1. The molecule has 1 aromatic rings. The lowest BCUT2D eigenvalue weighted by molar-refractivity contribution is -0.131. The predicted octanol–water partition coefficient (Wildman–Crippen LogP) is 3.62. The first-order valence-corrected chi connectivity index (χ1v) is 6.61. The van der Waals surface area contributed by atoms with E-state index in [4.69, 9.17) is 5.11 Å². The van der Waals surface area contributed by atoms with Crippen LogP contribution in [0.5, 0.6) is 0 Å². The molecule has 1 aromatic carbocycles. The molecule has 1 saturated carbocycles. The number of hydrogen-bond acceptors (Lipinski definition) is 2. The minimum Gasteiger partial charge on any atom is -0.478 e. The van der Waals surface area contributed by atoms with Crippen LogP contribution in [0, 0.1) is 6.92 Å². The average molecular weight is 299 g/mol. The molecule has 0 atom stereocenters. The second kappa shape index (κ2) is 5.79. The van der Waals surface area contributed by atoms with Crippen LogP contribution in [0.2, 0.25) is 0 Å². The summed E-state index contributed by atoms with van der Waals surface area (Å²) >= 11 is 0. The van der Waals surface area contributed by atoms with E-state index in [1.165, 1.54) is 11.0 Å². The highest BCUT2D eigenvalue weighted by molar-refractivity contribution is 5.87. The van der Waals surface area contributed by atoms with Gasteiger partial charge < -0.3 is 10.0 Å². The smallest absolute Gasteiger partial charge is 0.405 e. The van der Waals surface area contributed by atoms with Gasteiger partial charge in [0.1, 0.15) is 6.54 Å². The van der Waals surface area contributed by atoms with Gasteiger partial charge in [0.15, 0.2) is 0 Å². The van der Waals surface area contributed by atoms with Crippen LogP contribution in [0.25, 0.3) is 6.08 Å². The molecule has 114 valence electrons. The van der Waals surface area contributed by atoms with Crippen molar-refractivity contribution in [2.45, 2.75) is 32.0 Å². The van der Waals surface area contributed by atoms with Crippen LogP contribution < -0.4 is 4.90 Å². The summed E-state index contributed by atoms with van der Waals surface area (Å²) in [5.74, 6) is -1.13. The molecule has 0 bridgehead atoms. The third kappa shape index (κ3) is 4.51. The lowest BCUT2D eigenvalue weighted by atomic mass is 10.1. The van der Waals surface area contributed by atoms with Gasteiger partial charge in [-0.2, -0.15) is 13.2 Å². The van der Waals surface area contributed by atoms with Gasteiger partial charge >= 0.3 is 12.1 Å². The summed E-state index contributed by atoms with van der Waals surface area (Å²) in [4.78, 5) is 12.0. The molecule has 0 radical (unpaired) electrons. The molecule has 0 amide bonds. The monoisotopic (exact) mass is 299 g/mol. The zero-order chi connectivity index (χ0) is 15.6. The van der Waals surface area contributed by atoms with Crippen LogP contribution in [0.1, 0.15) is 24.0 Å². The third-order valence-electron chi connectivity index (χ3n) is 3.24. The Hall–Kier alpha value is -1.98. The van der Waals surface area contributed by atoms with Crippen molar-refractivity contribution in [1.29, 1.82) is 0 Å². The normalized spacial score (nSPS) is 15.4. The molecule has 1 fully saturated rings. The van der Waals surface area contributed by atoms with E-state index in [1.807, 2.05) is 6.92 Å². The summed E-state index contributed by atoms with van der Waals surface area (Å²) in [6.45, 7) is 0.793. The fraction of sp³-hybridized carbons (Fsp3) is 0.400. The van der Waals surface area contributed by atoms with E-state index in [0.29, 0.717) is 11.3 Å². The molecule has 1 N–H and O–H groups in total. The molecule has 3 nitrogen and oxygen atoms in total. The topological polar surface area (TPSA) is 40.5 Å². The molecule has 2 rings (SSSR count). The van der Waals surface area contributed by atoms with Gasteiger partial charge in [0.05, 0.1) is 0 Å². The number of carboxylic acid groups (broad SMARTS) is 1. The Labute approximate surface area is 120 Å². The minimum atomic E-state index is -4.29. The summed E-state index contributed by atoms with van der Waals surface area (Å²) in [5, 5.41) is 8.70. The maximum Gasteiger partial charge on any atom is 0.405 e. The van der Waals surface area contributed by atoms with Crippen LogP contribution in [0.4, 0.5) is 18.9 Å². The number of anilines is 1. The quantitative estimate of drug-likeness (QED) is 0.844. The van der Waals surface area contributed by atoms with Crippen molar-refractivity contribution >= 4 is 17.7 Å². The van der Waals surface area contributed by atoms with Gasteiger partial charge in [-0.25, -0.2) is 4.79 Å². The molecular formula is C15H16F3NO2. The predicted molar refractivity (Wildman–Crippen MR) is 74.3 cm³/mol. The number of aliphatic carboxylic acids is 1. The fourth-order valence-corrected chi connectivity index (χ4v) is 2.22. The fourth-order valence-electron chi connectivity index (χ4n) is 2.22. The lowest BCUT2D eigenvalue weighted by Gasteiger charge is -2.27. The SMILES string of the molecule is Cc1ccc(N(CC(F)(F)F)C2CC2)c(/C=C/C(=O)O)c1. The summed E-state index contributed by atoms with van der Waals surface area (Å²) in [7, 11) is 0. The number of carbonyl (C=O) groups is 1. The summed E-state index contributed by atoms with van der Waals surface area (Å²) in [6.07, 6.45) is -0.549. The zero-order valence-electron chi connectivity index (χ0n) is 11.5. The Balaban J connectivity index is 2.37. The van der Waals surface area contributed by atoms with E-state index in [2.05, 4.69) is 0 Å². The highest BCUT2D eigenvalue weighted by Gasteiger charge is 2.38. The van der Waals surface area contributed by atoms with Gasteiger partial charge in [-0.1, -0.05) is 11.6 Å². The van der Waals surface area contributed by atoms with Crippen LogP contribution >= 0.6 is 0 Å². The maximum absolute atomic E-state index is 12.8. The number of benzene rings is 1. The highest BCUT2D eigenvalue weighted by atomic mass is 19.4. The summed E-state index contributed by atoms with van der Waals surface area (Å²) in [5.41, 5.74) is 1.79. The Morgan fingerprint density at radius 3 is 2.62 bits per heavy atom.